The number of halogens is 1. The lowest BCUT2D eigenvalue weighted by Gasteiger charge is -1.97. The monoisotopic (exact) mass is 161 g/mol. The van der Waals surface area contributed by atoms with Crippen LogP contribution in [0.15, 0.2) is 11.0 Å². The van der Waals surface area contributed by atoms with Crippen LogP contribution in [0.4, 0.5) is 5.82 Å². The van der Waals surface area contributed by atoms with Crippen molar-refractivity contribution in [2.24, 2.45) is 0 Å². The van der Waals surface area contributed by atoms with Gasteiger partial charge in [-0.15, -0.1) is 0 Å². The van der Waals surface area contributed by atoms with E-state index in [2.05, 4.69) is 9.97 Å². The Labute approximate surface area is 60.6 Å². The van der Waals surface area contributed by atoms with Gasteiger partial charge in [0.05, 0.1) is 6.20 Å². The fourth-order valence-electron chi connectivity index (χ4n) is 0.460. The van der Waals surface area contributed by atoms with E-state index >= 15 is 0 Å². The number of anilines is 1. The van der Waals surface area contributed by atoms with E-state index in [0.717, 1.165) is 6.20 Å². The first-order valence-electron chi connectivity index (χ1n) is 2.39. The Morgan fingerprint density at radius 3 is 3.00 bits per heavy atom. The number of rotatable bonds is 1. The third kappa shape index (κ3) is 1.26. The van der Waals surface area contributed by atoms with Crippen molar-refractivity contribution in [2.75, 3.05) is 5.48 Å². The van der Waals surface area contributed by atoms with Gasteiger partial charge in [0, 0.05) is 0 Å². The molecule has 0 aliphatic carbocycles. The molecule has 0 aliphatic heterocycles. The summed E-state index contributed by atoms with van der Waals surface area (Å²) in [5.74, 6) is 0.0432. The van der Waals surface area contributed by atoms with Gasteiger partial charge in [0.2, 0.25) is 0 Å². The molecule has 0 bridgehead atoms. The highest BCUT2D eigenvalue weighted by Crippen LogP contribution is 2.12. The molecule has 10 heavy (non-hydrogen) atoms. The van der Waals surface area contributed by atoms with E-state index in [-0.39, 0.29) is 10.8 Å². The van der Waals surface area contributed by atoms with Gasteiger partial charge in [-0.25, -0.2) is 9.78 Å². The van der Waals surface area contributed by atoms with Crippen LogP contribution in [0.3, 0.4) is 0 Å². The minimum atomic E-state index is -0.569. The highest BCUT2D eigenvalue weighted by Gasteiger charge is 1.97. The third-order valence-corrected chi connectivity index (χ3v) is 1.16. The van der Waals surface area contributed by atoms with E-state index in [9.17, 15) is 4.79 Å². The highest BCUT2D eigenvalue weighted by molar-refractivity contribution is 6.32. The molecular weight excluding hydrogens is 158 g/mol. The number of H-pyrrole nitrogens is 1. The number of aromatic amines is 1. The van der Waals surface area contributed by atoms with E-state index in [0.29, 0.717) is 0 Å². The Kier molecular flexibility index (Phi) is 1.88. The fraction of sp³-hybridized carbons (Fsp3) is 0. The Bertz CT molecular complexity index is 284. The van der Waals surface area contributed by atoms with Crippen molar-refractivity contribution in [3.05, 3.63) is 21.7 Å². The largest absolute Gasteiger partial charge is 0.346 e. The molecule has 1 heterocycles. The second kappa shape index (κ2) is 2.68. The van der Waals surface area contributed by atoms with Crippen molar-refractivity contribution in [3.8, 4) is 0 Å². The van der Waals surface area contributed by atoms with Crippen LogP contribution < -0.4 is 11.2 Å². The molecule has 54 valence electrons. The highest BCUT2D eigenvalue weighted by atomic mass is 35.5. The van der Waals surface area contributed by atoms with Crippen molar-refractivity contribution in [3.63, 3.8) is 0 Å². The Morgan fingerprint density at radius 1 is 1.80 bits per heavy atom. The van der Waals surface area contributed by atoms with E-state index in [1.54, 1.807) is 5.48 Å². The van der Waals surface area contributed by atoms with E-state index in [4.69, 9.17) is 16.8 Å². The Morgan fingerprint density at radius 2 is 2.50 bits per heavy atom. The first kappa shape index (κ1) is 7.04. The maximum absolute atomic E-state index is 10.4. The molecule has 6 heteroatoms. The molecule has 5 nitrogen and oxygen atoms in total. The van der Waals surface area contributed by atoms with Crippen molar-refractivity contribution < 1.29 is 5.21 Å². The zero-order valence-corrected chi connectivity index (χ0v) is 5.51. The summed E-state index contributed by atoms with van der Waals surface area (Å²) < 4.78 is 0. The second-order valence-electron chi connectivity index (χ2n) is 1.52. The first-order valence-corrected chi connectivity index (χ1v) is 2.77. The summed E-state index contributed by atoms with van der Waals surface area (Å²) in [5.41, 5.74) is 1.14. The maximum Gasteiger partial charge on any atom is 0.346 e. The van der Waals surface area contributed by atoms with Crippen molar-refractivity contribution in [1.29, 1.82) is 0 Å². The van der Waals surface area contributed by atoms with Gasteiger partial charge in [0.1, 0.15) is 5.02 Å². The molecule has 0 amide bonds. The summed E-state index contributed by atoms with van der Waals surface area (Å²) in [7, 11) is 0. The predicted molar refractivity (Wildman–Crippen MR) is 35.3 cm³/mol. The van der Waals surface area contributed by atoms with Crippen LogP contribution in [0.2, 0.25) is 5.02 Å². The Balaban J connectivity index is 3.22. The summed E-state index contributed by atoms with van der Waals surface area (Å²) in [6.07, 6.45) is 1.14. The van der Waals surface area contributed by atoms with Gasteiger partial charge in [-0.2, -0.15) is 0 Å². The summed E-state index contributed by atoms with van der Waals surface area (Å²) in [6.45, 7) is 0. The molecule has 0 atom stereocenters. The quantitative estimate of drug-likeness (QED) is 0.515. The van der Waals surface area contributed by atoms with Gasteiger partial charge < -0.3 is 0 Å². The molecule has 1 aromatic rings. The molecule has 0 saturated heterocycles. The molecule has 1 rings (SSSR count). The van der Waals surface area contributed by atoms with E-state index in [1.807, 2.05) is 0 Å². The van der Waals surface area contributed by atoms with Crippen LogP contribution in [0, 0.1) is 0 Å². The third-order valence-electron chi connectivity index (χ3n) is 0.878. The van der Waals surface area contributed by atoms with Gasteiger partial charge in [0.25, 0.3) is 0 Å². The smallest absolute Gasteiger partial charge is 0.290 e. The second-order valence-corrected chi connectivity index (χ2v) is 1.93. The lowest BCUT2D eigenvalue weighted by molar-refractivity contribution is 0.385. The van der Waals surface area contributed by atoms with Gasteiger partial charge in [-0.1, -0.05) is 11.6 Å². The molecule has 1 aromatic heterocycles. The van der Waals surface area contributed by atoms with Gasteiger partial charge in [-0.05, 0) is 0 Å². The normalized spacial score (nSPS) is 9.40. The van der Waals surface area contributed by atoms with Crippen LogP contribution in [-0.4, -0.2) is 15.2 Å². The number of hydrogen-bond acceptors (Lipinski definition) is 4. The van der Waals surface area contributed by atoms with Gasteiger partial charge in [0.15, 0.2) is 5.82 Å². The zero-order chi connectivity index (χ0) is 7.56. The molecule has 0 aliphatic rings. The molecule has 0 spiro atoms. The minimum absolute atomic E-state index is 0.0432. The molecule has 0 fully saturated rings. The molecule has 0 aromatic carbocycles. The van der Waals surface area contributed by atoms with Crippen LogP contribution >= 0.6 is 11.6 Å². The first-order chi connectivity index (χ1) is 4.74. The Hall–Kier alpha value is -1.07. The zero-order valence-electron chi connectivity index (χ0n) is 4.76. The lowest BCUT2D eigenvalue weighted by Crippen LogP contribution is -2.11. The number of aromatic nitrogens is 2. The molecule has 0 radical (unpaired) electrons. The molecule has 0 unspecified atom stereocenters. The lowest BCUT2D eigenvalue weighted by atomic mass is 10.6. The number of nitrogens with zero attached hydrogens (tertiary/aromatic N) is 1. The van der Waals surface area contributed by atoms with Crippen molar-refractivity contribution >= 4 is 17.4 Å². The van der Waals surface area contributed by atoms with Gasteiger partial charge in [-0.3, -0.25) is 15.7 Å². The average molecular weight is 162 g/mol. The van der Waals surface area contributed by atoms with E-state index < -0.39 is 5.69 Å². The standard InChI is InChI=1S/C4H4ClN3O2/c5-2-1-6-4(9)7-3(2)8-10/h1,10H,(H2,6,7,8,9). The topological polar surface area (TPSA) is 78.0 Å². The van der Waals surface area contributed by atoms with Crippen LogP contribution in [0.1, 0.15) is 0 Å². The summed E-state index contributed by atoms with van der Waals surface area (Å²) in [4.78, 5) is 15.9. The summed E-state index contributed by atoms with van der Waals surface area (Å²) in [6, 6.07) is 0. The van der Waals surface area contributed by atoms with Gasteiger partial charge >= 0.3 is 5.69 Å². The van der Waals surface area contributed by atoms with Crippen LogP contribution in [0.5, 0.6) is 0 Å². The SMILES string of the molecule is O=c1ncc(Cl)c(NO)[nH]1. The molecular formula is C4H4ClN3O2. The predicted octanol–water partition coefficient (Wildman–Crippen LogP) is 0.224. The van der Waals surface area contributed by atoms with Crippen molar-refractivity contribution in [1.82, 2.24) is 9.97 Å². The van der Waals surface area contributed by atoms with Crippen LogP contribution in [0.25, 0.3) is 0 Å². The fourth-order valence-corrected chi connectivity index (χ4v) is 0.598. The summed E-state index contributed by atoms with van der Waals surface area (Å²) in [5, 5.41) is 8.47. The maximum atomic E-state index is 10.4. The number of nitrogens with one attached hydrogen (secondary N) is 2. The minimum Gasteiger partial charge on any atom is -0.290 e. The number of hydrogen-bond donors (Lipinski definition) is 3. The average Bonchev–Trinajstić information content (AvgIpc) is 1.94. The summed E-state index contributed by atoms with van der Waals surface area (Å²) >= 11 is 5.44. The molecule has 0 saturated carbocycles. The van der Waals surface area contributed by atoms with Crippen LogP contribution in [-0.2, 0) is 0 Å². The molecule has 3 N–H and O–H groups in total. The van der Waals surface area contributed by atoms with Crippen molar-refractivity contribution in [2.45, 2.75) is 0 Å². The van der Waals surface area contributed by atoms with E-state index in [1.165, 1.54) is 0 Å².